The zero-order valence-electron chi connectivity index (χ0n) is 11.1. The fourth-order valence-corrected chi connectivity index (χ4v) is 3.06. The lowest BCUT2D eigenvalue weighted by Gasteiger charge is -2.13. The molecule has 0 fully saturated rings. The second kappa shape index (κ2) is 5.61. The largest absolute Gasteiger partial charge is 0.465 e. The summed E-state index contributed by atoms with van der Waals surface area (Å²) in [6.45, 7) is 3.48. The van der Waals surface area contributed by atoms with Gasteiger partial charge in [-0.1, -0.05) is 0 Å². The van der Waals surface area contributed by atoms with E-state index in [4.69, 9.17) is 10.3 Å². The van der Waals surface area contributed by atoms with Crippen LogP contribution in [-0.4, -0.2) is 13.4 Å². The van der Waals surface area contributed by atoms with Crippen LogP contribution in [0.25, 0.3) is 0 Å². The predicted octanol–water partition coefficient (Wildman–Crippen LogP) is 1.31. The molecule has 0 saturated heterocycles. The number of nitrogens with two attached hydrogens (primary N) is 1. The van der Waals surface area contributed by atoms with Crippen LogP contribution in [0, 0.1) is 6.92 Å². The highest BCUT2D eigenvalue weighted by molar-refractivity contribution is 7.89. The Balaban J connectivity index is 2.27. The number of pyridine rings is 1. The number of furan rings is 1. The van der Waals surface area contributed by atoms with Crippen LogP contribution in [0.15, 0.2) is 39.9 Å². The maximum atomic E-state index is 12.3. The van der Waals surface area contributed by atoms with Crippen LogP contribution in [0.1, 0.15) is 24.5 Å². The van der Waals surface area contributed by atoms with E-state index in [1.165, 1.54) is 12.3 Å². The molecule has 0 aliphatic heterocycles. The minimum atomic E-state index is -3.80. The molecular weight excluding hydrogens is 280 g/mol. The van der Waals surface area contributed by atoms with Crippen LogP contribution < -0.4 is 16.0 Å². The molecule has 0 radical (unpaired) electrons. The van der Waals surface area contributed by atoms with E-state index in [1.807, 2.05) is 0 Å². The predicted molar refractivity (Wildman–Crippen MR) is 74.2 cm³/mol. The van der Waals surface area contributed by atoms with Crippen molar-refractivity contribution in [2.75, 3.05) is 5.43 Å². The number of aryl methyl sites for hydroxylation is 1. The van der Waals surface area contributed by atoms with E-state index < -0.39 is 16.1 Å². The molecule has 8 heteroatoms. The highest BCUT2D eigenvalue weighted by Gasteiger charge is 2.24. The Morgan fingerprint density at radius 1 is 1.35 bits per heavy atom. The quantitative estimate of drug-likeness (QED) is 0.567. The van der Waals surface area contributed by atoms with E-state index >= 15 is 0 Å². The molecule has 2 heterocycles. The van der Waals surface area contributed by atoms with E-state index in [0.29, 0.717) is 11.5 Å². The van der Waals surface area contributed by atoms with Gasteiger partial charge >= 0.3 is 0 Å². The van der Waals surface area contributed by atoms with Gasteiger partial charge in [0.2, 0.25) is 0 Å². The summed E-state index contributed by atoms with van der Waals surface area (Å²) in [4.78, 5) is 3.85. The Hall–Kier alpha value is -1.90. The van der Waals surface area contributed by atoms with Crippen LogP contribution in [0.3, 0.4) is 0 Å². The molecule has 7 nitrogen and oxygen atoms in total. The van der Waals surface area contributed by atoms with Gasteiger partial charge in [-0.05, 0) is 38.1 Å². The fourth-order valence-electron chi connectivity index (χ4n) is 1.75. The van der Waals surface area contributed by atoms with Crippen molar-refractivity contribution in [3.63, 3.8) is 0 Å². The lowest BCUT2D eigenvalue weighted by Crippen LogP contribution is -2.28. The smallest absolute Gasteiger partial charge is 0.260 e. The van der Waals surface area contributed by atoms with E-state index in [0.717, 1.165) is 0 Å². The van der Waals surface area contributed by atoms with Crippen LogP contribution >= 0.6 is 0 Å². The summed E-state index contributed by atoms with van der Waals surface area (Å²) >= 11 is 0. The second-order valence-electron chi connectivity index (χ2n) is 4.29. The van der Waals surface area contributed by atoms with Crippen molar-refractivity contribution in [3.8, 4) is 0 Å². The van der Waals surface area contributed by atoms with Gasteiger partial charge in [0, 0.05) is 6.20 Å². The monoisotopic (exact) mass is 296 g/mol. The van der Waals surface area contributed by atoms with Crippen molar-refractivity contribution in [3.05, 3.63) is 42.0 Å². The molecule has 0 bridgehead atoms. The summed E-state index contributed by atoms with van der Waals surface area (Å²) in [6, 6.07) is 6.11. The summed E-state index contributed by atoms with van der Waals surface area (Å²) in [6.07, 6.45) is 1.39. The lowest BCUT2D eigenvalue weighted by molar-refractivity contribution is 0.441. The molecule has 0 aromatic carbocycles. The molecule has 2 aromatic heterocycles. The molecule has 2 aromatic rings. The van der Waals surface area contributed by atoms with Crippen molar-refractivity contribution in [2.24, 2.45) is 5.84 Å². The Bertz CT molecular complexity index is 696. The minimum absolute atomic E-state index is 0.155. The molecule has 2 rings (SSSR count). The van der Waals surface area contributed by atoms with Crippen LogP contribution in [-0.2, 0) is 10.0 Å². The van der Waals surface area contributed by atoms with Crippen molar-refractivity contribution in [2.45, 2.75) is 24.9 Å². The number of aromatic nitrogens is 1. The van der Waals surface area contributed by atoms with Gasteiger partial charge in [-0.3, -0.25) is 5.84 Å². The van der Waals surface area contributed by atoms with Crippen LogP contribution in [0.5, 0.6) is 0 Å². The highest BCUT2D eigenvalue weighted by Crippen LogP contribution is 2.21. The third-order valence-electron chi connectivity index (χ3n) is 2.70. The minimum Gasteiger partial charge on any atom is -0.465 e. The summed E-state index contributed by atoms with van der Waals surface area (Å²) in [5.74, 6) is 6.54. The van der Waals surface area contributed by atoms with Crippen molar-refractivity contribution < 1.29 is 12.8 Å². The summed E-state index contributed by atoms with van der Waals surface area (Å²) < 4.78 is 32.5. The number of hydrogen-bond donors (Lipinski definition) is 3. The molecule has 108 valence electrons. The van der Waals surface area contributed by atoms with Crippen molar-refractivity contribution in [1.29, 1.82) is 0 Å². The Morgan fingerprint density at radius 3 is 2.70 bits per heavy atom. The van der Waals surface area contributed by atoms with Gasteiger partial charge in [0.1, 0.15) is 11.5 Å². The van der Waals surface area contributed by atoms with Gasteiger partial charge in [0.25, 0.3) is 10.0 Å². The molecule has 1 unspecified atom stereocenters. The van der Waals surface area contributed by atoms with Crippen LogP contribution in [0.2, 0.25) is 0 Å². The maximum absolute atomic E-state index is 12.3. The third kappa shape index (κ3) is 2.98. The molecule has 20 heavy (non-hydrogen) atoms. The molecule has 0 spiro atoms. The van der Waals surface area contributed by atoms with Gasteiger partial charge in [-0.25, -0.2) is 13.4 Å². The SMILES string of the molecule is Cc1ccc(C(C)NS(=O)(=O)c2ncccc2NN)o1. The van der Waals surface area contributed by atoms with E-state index in [2.05, 4.69) is 15.1 Å². The zero-order chi connectivity index (χ0) is 14.8. The standard InChI is InChI=1S/C12H16N4O3S/c1-8-5-6-11(19-8)9(2)16-20(17,18)12-10(15-13)4-3-7-14-12/h3-7,9,15-16H,13H2,1-2H3. The fraction of sp³-hybridized carbons (Fsp3) is 0.250. The first-order chi connectivity index (χ1) is 9.44. The van der Waals surface area contributed by atoms with E-state index in [9.17, 15) is 8.42 Å². The summed E-state index contributed by atoms with van der Waals surface area (Å²) in [5.41, 5.74) is 2.54. The molecular formula is C12H16N4O3S. The summed E-state index contributed by atoms with van der Waals surface area (Å²) in [7, 11) is -3.80. The number of hydrogen-bond acceptors (Lipinski definition) is 6. The first-order valence-electron chi connectivity index (χ1n) is 5.94. The lowest BCUT2D eigenvalue weighted by atomic mass is 10.3. The number of anilines is 1. The molecule has 0 aliphatic carbocycles. The van der Waals surface area contributed by atoms with E-state index in [1.54, 1.807) is 32.0 Å². The average Bonchev–Trinajstić information content (AvgIpc) is 2.85. The Kier molecular flexibility index (Phi) is 4.07. The molecule has 1 atom stereocenters. The number of nitrogen functional groups attached to an aromatic ring is 1. The second-order valence-corrected chi connectivity index (χ2v) is 5.92. The average molecular weight is 296 g/mol. The first-order valence-corrected chi connectivity index (χ1v) is 7.42. The number of sulfonamides is 1. The number of nitrogens with zero attached hydrogens (tertiary/aromatic N) is 1. The van der Waals surface area contributed by atoms with E-state index in [-0.39, 0.29) is 10.7 Å². The summed E-state index contributed by atoms with van der Waals surface area (Å²) in [5, 5.41) is -0.155. The molecule has 0 amide bonds. The van der Waals surface area contributed by atoms with Crippen LogP contribution in [0.4, 0.5) is 5.69 Å². The highest BCUT2D eigenvalue weighted by atomic mass is 32.2. The Morgan fingerprint density at radius 2 is 2.10 bits per heavy atom. The maximum Gasteiger partial charge on any atom is 0.260 e. The topological polar surface area (TPSA) is 110 Å². The number of rotatable bonds is 5. The third-order valence-corrected chi connectivity index (χ3v) is 4.20. The molecule has 0 saturated carbocycles. The van der Waals surface area contributed by atoms with Gasteiger partial charge < -0.3 is 9.84 Å². The molecule has 4 N–H and O–H groups in total. The number of nitrogens with one attached hydrogen (secondary N) is 2. The van der Waals surface area contributed by atoms with Crippen molar-refractivity contribution in [1.82, 2.24) is 9.71 Å². The van der Waals surface area contributed by atoms with Gasteiger partial charge in [-0.15, -0.1) is 0 Å². The van der Waals surface area contributed by atoms with Gasteiger partial charge in [0.15, 0.2) is 5.03 Å². The normalized spacial score (nSPS) is 13.2. The van der Waals surface area contributed by atoms with Gasteiger partial charge in [0.05, 0.1) is 11.7 Å². The van der Waals surface area contributed by atoms with Crippen molar-refractivity contribution >= 4 is 15.7 Å². The Labute approximate surface area is 117 Å². The zero-order valence-corrected chi connectivity index (χ0v) is 11.9. The first kappa shape index (κ1) is 14.5. The van der Waals surface area contributed by atoms with Gasteiger partial charge in [-0.2, -0.15) is 4.72 Å². The number of hydrazine groups is 1. The molecule has 0 aliphatic rings.